The molecule has 2 atom stereocenters. The number of amides is 2. The van der Waals surface area contributed by atoms with Gasteiger partial charge in [-0.25, -0.2) is 9.59 Å². The minimum absolute atomic E-state index is 0.131. The van der Waals surface area contributed by atoms with Crippen LogP contribution in [0.5, 0.6) is 0 Å². The second-order valence-electron chi connectivity index (χ2n) is 8.12. The molecule has 0 spiro atoms. The predicted molar refractivity (Wildman–Crippen MR) is 116 cm³/mol. The molecule has 7 heteroatoms. The zero-order valence-electron chi connectivity index (χ0n) is 18.0. The molecule has 164 valence electrons. The van der Waals surface area contributed by atoms with E-state index in [9.17, 15) is 9.59 Å². The molecule has 2 N–H and O–H groups in total. The van der Waals surface area contributed by atoms with Crippen LogP contribution in [0.15, 0.2) is 64.4 Å². The number of hydrogen-bond acceptors (Lipinski definition) is 5. The number of rotatable bonds is 9. The number of urea groups is 1. The fourth-order valence-electron chi connectivity index (χ4n) is 4.00. The predicted octanol–water partition coefficient (Wildman–Crippen LogP) is 3.92. The molecule has 2 aromatic rings. The van der Waals surface area contributed by atoms with E-state index in [2.05, 4.69) is 34.6 Å². The van der Waals surface area contributed by atoms with Gasteiger partial charge in [-0.05, 0) is 50.3 Å². The molecule has 31 heavy (non-hydrogen) atoms. The summed E-state index contributed by atoms with van der Waals surface area (Å²) in [7, 11) is 0. The maximum atomic E-state index is 12.9. The summed E-state index contributed by atoms with van der Waals surface area (Å²) in [6, 6.07) is 12.9. The van der Waals surface area contributed by atoms with E-state index >= 15 is 0 Å². The highest BCUT2D eigenvalue weighted by atomic mass is 16.5. The first-order chi connectivity index (χ1) is 15.1. The van der Waals surface area contributed by atoms with E-state index in [0.717, 1.165) is 6.54 Å². The lowest BCUT2D eigenvalue weighted by Crippen LogP contribution is -2.48. The number of carbonyl (C=O) groups is 2. The quantitative estimate of drug-likeness (QED) is 0.597. The summed E-state index contributed by atoms with van der Waals surface area (Å²) in [5, 5.41) is 5.68. The minimum Gasteiger partial charge on any atom is -0.467 e. The fourth-order valence-corrected chi connectivity index (χ4v) is 4.00. The van der Waals surface area contributed by atoms with Crippen molar-refractivity contribution in [2.24, 2.45) is 5.92 Å². The van der Waals surface area contributed by atoms with E-state index < -0.39 is 12.0 Å². The summed E-state index contributed by atoms with van der Waals surface area (Å²) >= 11 is 0. The molecule has 0 bridgehead atoms. The van der Waals surface area contributed by atoms with Crippen LogP contribution in [0.1, 0.15) is 50.1 Å². The van der Waals surface area contributed by atoms with E-state index in [1.54, 1.807) is 19.1 Å². The zero-order valence-corrected chi connectivity index (χ0v) is 18.0. The van der Waals surface area contributed by atoms with Crippen molar-refractivity contribution >= 4 is 12.0 Å². The molecule has 2 unspecified atom stereocenters. The number of carbonyl (C=O) groups excluding carboxylic acids is 2. The second kappa shape index (κ2) is 9.39. The van der Waals surface area contributed by atoms with Crippen LogP contribution in [0.3, 0.4) is 0 Å². The third-order valence-electron chi connectivity index (χ3n) is 5.86. The van der Waals surface area contributed by atoms with Gasteiger partial charge < -0.3 is 19.8 Å². The molecule has 1 aromatic carbocycles. The standard InChI is InChI=1S/C24H29N3O4/c1-3-30-23(28)21-19(25-24(29)26-22(21)20-10-7-13-31-20)15-27(14-17-11-12-17)16(2)18-8-5-4-6-9-18/h4-10,13,16-17,22H,3,11-12,14-15H2,1-2H3,(H2,25,26,29). The number of nitrogens with zero attached hydrogens (tertiary/aromatic N) is 1. The Morgan fingerprint density at radius 2 is 2.00 bits per heavy atom. The first kappa shape index (κ1) is 21.2. The first-order valence-corrected chi connectivity index (χ1v) is 10.9. The Hall–Kier alpha value is -3.06. The molecule has 2 heterocycles. The van der Waals surface area contributed by atoms with Gasteiger partial charge in [0.2, 0.25) is 0 Å². The lowest BCUT2D eigenvalue weighted by atomic mass is 9.99. The molecule has 1 aliphatic heterocycles. The Balaban J connectivity index is 1.69. The highest BCUT2D eigenvalue weighted by molar-refractivity contribution is 5.95. The van der Waals surface area contributed by atoms with Crippen LogP contribution in [0.2, 0.25) is 0 Å². The number of nitrogens with one attached hydrogen (secondary N) is 2. The van der Waals surface area contributed by atoms with Crippen LogP contribution in [0.25, 0.3) is 0 Å². The van der Waals surface area contributed by atoms with Crippen molar-refractivity contribution in [1.82, 2.24) is 15.5 Å². The largest absolute Gasteiger partial charge is 0.467 e. The van der Waals surface area contributed by atoms with Gasteiger partial charge in [0.15, 0.2) is 0 Å². The van der Waals surface area contributed by atoms with Gasteiger partial charge >= 0.3 is 12.0 Å². The molecule has 1 saturated carbocycles. The summed E-state index contributed by atoms with van der Waals surface area (Å²) in [4.78, 5) is 27.8. The summed E-state index contributed by atoms with van der Waals surface area (Å²) in [5.74, 6) is 0.696. The summed E-state index contributed by atoms with van der Waals surface area (Å²) in [6.07, 6.45) is 3.96. The number of ether oxygens (including phenoxy) is 1. The average molecular weight is 424 g/mol. The van der Waals surface area contributed by atoms with Gasteiger partial charge in [-0.15, -0.1) is 0 Å². The van der Waals surface area contributed by atoms with Crippen molar-refractivity contribution in [2.75, 3.05) is 19.7 Å². The third-order valence-corrected chi connectivity index (χ3v) is 5.86. The van der Waals surface area contributed by atoms with Gasteiger partial charge in [-0.2, -0.15) is 0 Å². The maximum Gasteiger partial charge on any atom is 0.338 e. The van der Waals surface area contributed by atoms with Gasteiger partial charge in [0, 0.05) is 24.8 Å². The molecule has 2 amide bonds. The number of hydrogen-bond donors (Lipinski definition) is 2. The molecular formula is C24H29N3O4. The number of benzene rings is 1. The smallest absolute Gasteiger partial charge is 0.338 e. The Bertz CT molecular complexity index is 935. The van der Waals surface area contributed by atoms with Crippen molar-refractivity contribution in [1.29, 1.82) is 0 Å². The molecule has 0 radical (unpaired) electrons. The summed E-state index contributed by atoms with van der Waals surface area (Å²) in [5.41, 5.74) is 2.15. The second-order valence-corrected chi connectivity index (χ2v) is 8.12. The monoisotopic (exact) mass is 423 g/mol. The lowest BCUT2D eigenvalue weighted by molar-refractivity contribution is -0.139. The van der Waals surface area contributed by atoms with Crippen LogP contribution in [0.4, 0.5) is 4.79 Å². The molecule has 2 aliphatic rings. The van der Waals surface area contributed by atoms with Crippen LogP contribution in [0, 0.1) is 5.92 Å². The first-order valence-electron chi connectivity index (χ1n) is 10.9. The molecule has 7 nitrogen and oxygen atoms in total. The zero-order chi connectivity index (χ0) is 21.8. The van der Waals surface area contributed by atoms with Crippen LogP contribution in [-0.4, -0.2) is 36.6 Å². The third kappa shape index (κ3) is 4.99. The molecule has 1 aromatic heterocycles. The SMILES string of the molecule is CCOC(=O)C1=C(CN(CC2CC2)C(C)c2ccccc2)NC(=O)NC1c1ccco1. The average Bonchev–Trinajstić information content (AvgIpc) is 3.41. The Morgan fingerprint density at radius 1 is 1.23 bits per heavy atom. The van der Waals surface area contributed by atoms with Crippen LogP contribution in [-0.2, 0) is 9.53 Å². The Kier molecular flexibility index (Phi) is 6.42. The highest BCUT2D eigenvalue weighted by Crippen LogP contribution is 2.34. The van der Waals surface area contributed by atoms with E-state index in [1.807, 2.05) is 18.2 Å². The van der Waals surface area contributed by atoms with E-state index in [1.165, 1.54) is 24.7 Å². The summed E-state index contributed by atoms with van der Waals surface area (Å²) < 4.78 is 10.9. The highest BCUT2D eigenvalue weighted by Gasteiger charge is 2.37. The maximum absolute atomic E-state index is 12.9. The fraction of sp³-hybridized carbons (Fsp3) is 0.417. The Labute approximate surface area is 182 Å². The van der Waals surface area contributed by atoms with Crippen LogP contribution < -0.4 is 10.6 Å². The molecular weight excluding hydrogens is 394 g/mol. The van der Waals surface area contributed by atoms with E-state index in [-0.39, 0.29) is 18.7 Å². The van der Waals surface area contributed by atoms with Gasteiger partial charge in [0.25, 0.3) is 0 Å². The van der Waals surface area contributed by atoms with Gasteiger partial charge in [-0.1, -0.05) is 30.3 Å². The lowest BCUT2D eigenvalue weighted by Gasteiger charge is -2.34. The number of furan rings is 1. The van der Waals surface area contributed by atoms with Gasteiger partial charge in [-0.3, -0.25) is 4.90 Å². The number of esters is 1. The Morgan fingerprint density at radius 3 is 2.65 bits per heavy atom. The molecule has 1 fully saturated rings. The van der Waals surface area contributed by atoms with Gasteiger partial charge in [0.05, 0.1) is 18.4 Å². The summed E-state index contributed by atoms with van der Waals surface area (Å²) in [6.45, 7) is 5.53. The van der Waals surface area contributed by atoms with Gasteiger partial charge in [0.1, 0.15) is 11.8 Å². The molecule has 4 rings (SSSR count). The topological polar surface area (TPSA) is 83.8 Å². The van der Waals surface area contributed by atoms with Crippen molar-refractivity contribution in [3.63, 3.8) is 0 Å². The van der Waals surface area contributed by atoms with E-state index in [0.29, 0.717) is 29.5 Å². The normalized spacial score (nSPS) is 19.7. The van der Waals surface area contributed by atoms with E-state index in [4.69, 9.17) is 9.15 Å². The van der Waals surface area contributed by atoms with Crippen LogP contribution >= 0.6 is 0 Å². The van der Waals surface area contributed by atoms with Crippen molar-refractivity contribution in [2.45, 2.75) is 38.8 Å². The van der Waals surface area contributed by atoms with Crippen molar-refractivity contribution in [3.8, 4) is 0 Å². The van der Waals surface area contributed by atoms with Crippen molar-refractivity contribution < 1.29 is 18.7 Å². The molecule has 1 aliphatic carbocycles. The van der Waals surface area contributed by atoms with Crippen molar-refractivity contribution in [3.05, 3.63) is 71.3 Å². The molecule has 0 saturated heterocycles. The minimum atomic E-state index is -0.687.